The maximum Gasteiger partial charge on any atom is 0.0709 e. The summed E-state index contributed by atoms with van der Waals surface area (Å²) in [7, 11) is 1.86. The van der Waals surface area contributed by atoms with Crippen LogP contribution < -0.4 is 5.73 Å². The molecule has 0 aliphatic carbocycles. The van der Waals surface area contributed by atoms with Crippen molar-refractivity contribution < 1.29 is 0 Å². The summed E-state index contributed by atoms with van der Waals surface area (Å²) >= 11 is 1.31. The minimum atomic E-state index is -0.159. The zero-order chi connectivity index (χ0) is 9.26. The normalized spacial score (nSPS) is 13.1. The summed E-state index contributed by atoms with van der Waals surface area (Å²) in [6.07, 6.45) is 5.33. The summed E-state index contributed by atoms with van der Waals surface area (Å²) in [5.74, 6) is 0. The topological polar surface area (TPSA) is 69.6 Å². The van der Waals surface area contributed by atoms with Crippen LogP contribution in [0, 0.1) is 0 Å². The van der Waals surface area contributed by atoms with E-state index in [0.29, 0.717) is 0 Å². The smallest absolute Gasteiger partial charge is 0.0709 e. The van der Waals surface area contributed by atoms with Crippen LogP contribution in [0.15, 0.2) is 18.6 Å². The van der Waals surface area contributed by atoms with Gasteiger partial charge in [-0.1, -0.05) is 4.49 Å². The third-order valence-electron chi connectivity index (χ3n) is 1.77. The maximum absolute atomic E-state index is 5.95. The number of nitrogens with zero attached hydrogens (tertiary/aromatic N) is 4. The number of nitrogens with two attached hydrogens (primary N) is 1. The molecule has 0 aliphatic heterocycles. The van der Waals surface area contributed by atoms with E-state index in [1.807, 2.05) is 13.2 Å². The molecule has 0 radical (unpaired) electrons. The Morgan fingerprint density at radius 3 is 2.92 bits per heavy atom. The van der Waals surface area contributed by atoms with Crippen molar-refractivity contribution in [2.24, 2.45) is 12.8 Å². The summed E-state index contributed by atoms with van der Waals surface area (Å²) in [4.78, 5) is 0.952. The molecular formula is C7H9N5S. The molecule has 0 saturated carbocycles. The minimum Gasteiger partial charge on any atom is -0.319 e. The van der Waals surface area contributed by atoms with E-state index in [1.54, 1.807) is 17.1 Å². The monoisotopic (exact) mass is 195 g/mol. The van der Waals surface area contributed by atoms with Crippen molar-refractivity contribution in [3.05, 3.63) is 29.0 Å². The molecule has 1 atom stereocenters. The molecule has 13 heavy (non-hydrogen) atoms. The van der Waals surface area contributed by atoms with Crippen LogP contribution in [0.1, 0.15) is 16.5 Å². The van der Waals surface area contributed by atoms with Crippen molar-refractivity contribution in [1.29, 1.82) is 0 Å². The summed E-state index contributed by atoms with van der Waals surface area (Å²) in [6.45, 7) is 0. The zero-order valence-corrected chi connectivity index (χ0v) is 7.90. The lowest BCUT2D eigenvalue weighted by atomic mass is 10.1. The number of aromatic nitrogens is 4. The molecule has 2 rings (SSSR count). The summed E-state index contributed by atoms with van der Waals surface area (Å²) in [6, 6.07) is -0.159. The third-order valence-corrected chi connectivity index (χ3v) is 2.51. The quantitative estimate of drug-likeness (QED) is 0.749. The van der Waals surface area contributed by atoms with Crippen LogP contribution in [0.2, 0.25) is 0 Å². The Hall–Kier alpha value is -1.27. The van der Waals surface area contributed by atoms with E-state index < -0.39 is 0 Å². The maximum atomic E-state index is 5.95. The fourth-order valence-electron chi connectivity index (χ4n) is 1.08. The Morgan fingerprint density at radius 2 is 2.38 bits per heavy atom. The summed E-state index contributed by atoms with van der Waals surface area (Å²) < 4.78 is 5.49. The number of hydrogen-bond acceptors (Lipinski definition) is 5. The van der Waals surface area contributed by atoms with E-state index in [1.165, 1.54) is 11.5 Å². The lowest BCUT2D eigenvalue weighted by Crippen LogP contribution is -2.09. The predicted molar refractivity (Wildman–Crippen MR) is 49.1 cm³/mol. The Labute approximate surface area is 79.4 Å². The van der Waals surface area contributed by atoms with Crippen molar-refractivity contribution in [2.45, 2.75) is 6.04 Å². The second kappa shape index (κ2) is 3.23. The van der Waals surface area contributed by atoms with Crippen LogP contribution in [0.25, 0.3) is 0 Å². The first kappa shape index (κ1) is 8.33. The van der Waals surface area contributed by atoms with Gasteiger partial charge in [-0.2, -0.15) is 5.10 Å². The average Bonchev–Trinajstić information content (AvgIpc) is 2.72. The van der Waals surface area contributed by atoms with Crippen molar-refractivity contribution in [2.75, 3.05) is 0 Å². The first-order chi connectivity index (χ1) is 6.27. The summed E-state index contributed by atoms with van der Waals surface area (Å²) in [5.41, 5.74) is 6.93. The molecule has 0 bridgehead atoms. The second-order valence-electron chi connectivity index (χ2n) is 2.74. The lowest BCUT2D eigenvalue weighted by Gasteiger charge is -2.03. The molecule has 6 heteroatoms. The Kier molecular flexibility index (Phi) is 2.07. The first-order valence-corrected chi connectivity index (χ1v) is 4.56. The zero-order valence-electron chi connectivity index (χ0n) is 7.08. The van der Waals surface area contributed by atoms with E-state index in [2.05, 4.69) is 14.7 Å². The van der Waals surface area contributed by atoms with Gasteiger partial charge in [0.25, 0.3) is 0 Å². The molecule has 0 saturated heterocycles. The largest absolute Gasteiger partial charge is 0.319 e. The SMILES string of the molecule is Cn1cc(C(N)c2cnns2)cn1. The highest BCUT2D eigenvalue weighted by atomic mass is 32.1. The molecule has 0 aromatic carbocycles. The van der Waals surface area contributed by atoms with Crippen LogP contribution in [-0.4, -0.2) is 19.4 Å². The highest BCUT2D eigenvalue weighted by Crippen LogP contribution is 2.19. The van der Waals surface area contributed by atoms with Crippen LogP contribution in [0.3, 0.4) is 0 Å². The van der Waals surface area contributed by atoms with E-state index in [0.717, 1.165) is 10.4 Å². The first-order valence-electron chi connectivity index (χ1n) is 3.79. The van der Waals surface area contributed by atoms with E-state index in [9.17, 15) is 0 Å². The molecule has 2 N–H and O–H groups in total. The van der Waals surface area contributed by atoms with Gasteiger partial charge < -0.3 is 5.73 Å². The van der Waals surface area contributed by atoms with Gasteiger partial charge in [0, 0.05) is 18.8 Å². The molecule has 0 spiro atoms. The van der Waals surface area contributed by atoms with E-state index >= 15 is 0 Å². The van der Waals surface area contributed by atoms with Gasteiger partial charge in [0.05, 0.1) is 23.3 Å². The average molecular weight is 195 g/mol. The third kappa shape index (κ3) is 1.58. The van der Waals surface area contributed by atoms with E-state index in [-0.39, 0.29) is 6.04 Å². The van der Waals surface area contributed by atoms with E-state index in [4.69, 9.17) is 5.73 Å². The Balaban J connectivity index is 2.28. The minimum absolute atomic E-state index is 0.159. The van der Waals surface area contributed by atoms with Crippen molar-refractivity contribution >= 4 is 11.5 Å². The fourth-order valence-corrected chi connectivity index (χ4v) is 1.61. The van der Waals surface area contributed by atoms with Gasteiger partial charge in [0.1, 0.15) is 0 Å². The standard InChI is InChI=1S/C7H9N5S/c1-12-4-5(2-10-12)7(8)6-3-9-11-13-6/h2-4,7H,8H2,1H3. The second-order valence-corrected chi connectivity index (χ2v) is 3.56. The molecule has 2 aromatic rings. The molecule has 5 nitrogen and oxygen atoms in total. The molecule has 0 amide bonds. The van der Waals surface area contributed by atoms with Crippen LogP contribution >= 0.6 is 11.5 Å². The summed E-state index contributed by atoms with van der Waals surface area (Å²) in [5, 5.41) is 7.78. The molecule has 0 aliphatic rings. The van der Waals surface area contributed by atoms with Gasteiger partial charge in [0.15, 0.2) is 0 Å². The predicted octanol–water partition coefficient (Wildman–Crippen LogP) is 0.320. The highest BCUT2D eigenvalue weighted by Gasteiger charge is 2.12. The fraction of sp³-hybridized carbons (Fsp3) is 0.286. The van der Waals surface area contributed by atoms with Crippen molar-refractivity contribution in [3.63, 3.8) is 0 Å². The van der Waals surface area contributed by atoms with Crippen molar-refractivity contribution in [1.82, 2.24) is 19.4 Å². The van der Waals surface area contributed by atoms with Crippen LogP contribution in [0.5, 0.6) is 0 Å². The van der Waals surface area contributed by atoms with Crippen LogP contribution in [0.4, 0.5) is 0 Å². The lowest BCUT2D eigenvalue weighted by molar-refractivity contribution is 0.765. The van der Waals surface area contributed by atoms with Gasteiger partial charge in [-0.25, -0.2) is 0 Å². The van der Waals surface area contributed by atoms with Gasteiger partial charge in [0.2, 0.25) is 0 Å². The van der Waals surface area contributed by atoms with Crippen molar-refractivity contribution in [3.8, 4) is 0 Å². The van der Waals surface area contributed by atoms with Gasteiger partial charge >= 0.3 is 0 Å². The number of hydrogen-bond donors (Lipinski definition) is 1. The molecule has 2 heterocycles. The van der Waals surface area contributed by atoms with Gasteiger partial charge in [-0.15, -0.1) is 5.10 Å². The number of aryl methyl sites for hydroxylation is 1. The Morgan fingerprint density at radius 1 is 1.54 bits per heavy atom. The molecule has 68 valence electrons. The van der Waals surface area contributed by atoms with Crippen LogP contribution in [-0.2, 0) is 7.05 Å². The molecule has 0 fully saturated rings. The highest BCUT2D eigenvalue weighted by molar-refractivity contribution is 7.05. The number of rotatable bonds is 2. The molecule has 1 unspecified atom stereocenters. The van der Waals surface area contributed by atoms with Gasteiger partial charge in [-0.05, 0) is 11.5 Å². The Bertz CT molecular complexity index is 379. The molecular weight excluding hydrogens is 186 g/mol. The molecule has 2 aromatic heterocycles. The van der Waals surface area contributed by atoms with Gasteiger partial charge in [-0.3, -0.25) is 4.68 Å².